The Bertz CT molecular complexity index is 1430. The van der Waals surface area contributed by atoms with E-state index < -0.39 is 23.0 Å². The van der Waals surface area contributed by atoms with Crippen LogP contribution in [0, 0.1) is 40.6 Å². The fourth-order valence-electron chi connectivity index (χ4n) is 3.93. The number of aryl methyl sites for hydroxylation is 3. The Balaban J connectivity index is 1.52. The SMILES string of the molecule is CCCc1ccc(CCc2ccc3c(F)c(C#Cc4cc(F)c(C#N)c(F)c4)ccc3c2)cc1. The fourth-order valence-corrected chi connectivity index (χ4v) is 3.93. The van der Waals surface area contributed by atoms with Crippen LogP contribution >= 0.6 is 0 Å². The molecule has 168 valence electrons. The standard InChI is InChI=1S/C30H22F3N/c1-2-3-20-4-6-21(7-5-20)8-9-22-11-15-26-25(16-22)14-13-24(30(26)33)12-10-23-17-28(31)27(19-34)29(32)18-23/h4-7,11,13-18H,2-3,8-9H2,1H3. The van der Waals surface area contributed by atoms with Gasteiger partial charge >= 0.3 is 0 Å². The van der Waals surface area contributed by atoms with Crippen LogP contribution in [0.3, 0.4) is 0 Å². The van der Waals surface area contributed by atoms with Gasteiger partial charge in [0.05, 0.1) is 5.56 Å². The smallest absolute Gasteiger partial charge is 0.146 e. The highest BCUT2D eigenvalue weighted by Crippen LogP contribution is 2.23. The molecule has 0 amide bonds. The predicted molar refractivity (Wildman–Crippen MR) is 129 cm³/mol. The van der Waals surface area contributed by atoms with Gasteiger partial charge in [-0.2, -0.15) is 5.26 Å². The van der Waals surface area contributed by atoms with Crippen LogP contribution in [0.15, 0.2) is 66.7 Å². The molecule has 0 N–H and O–H groups in total. The summed E-state index contributed by atoms with van der Waals surface area (Å²) >= 11 is 0. The van der Waals surface area contributed by atoms with E-state index in [1.807, 2.05) is 12.1 Å². The van der Waals surface area contributed by atoms with Gasteiger partial charge in [0.2, 0.25) is 0 Å². The molecule has 0 unspecified atom stereocenters. The lowest BCUT2D eigenvalue weighted by atomic mass is 9.98. The number of hydrogen-bond acceptors (Lipinski definition) is 1. The largest absolute Gasteiger partial charge is 0.205 e. The van der Waals surface area contributed by atoms with Crippen molar-refractivity contribution < 1.29 is 13.2 Å². The molecule has 4 aromatic rings. The van der Waals surface area contributed by atoms with Gasteiger partial charge in [-0.25, -0.2) is 13.2 Å². The molecule has 0 aromatic heterocycles. The Hall–Kier alpha value is -4.02. The fraction of sp³-hybridized carbons (Fsp3) is 0.167. The van der Waals surface area contributed by atoms with Crippen molar-refractivity contribution in [1.82, 2.24) is 0 Å². The average molecular weight is 454 g/mol. The highest BCUT2D eigenvalue weighted by atomic mass is 19.1. The molecule has 0 aliphatic rings. The lowest BCUT2D eigenvalue weighted by Crippen LogP contribution is -1.94. The van der Waals surface area contributed by atoms with Crippen molar-refractivity contribution in [2.24, 2.45) is 0 Å². The molecule has 1 nitrogen and oxygen atoms in total. The first-order chi connectivity index (χ1) is 16.5. The molecule has 0 heterocycles. The van der Waals surface area contributed by atoms with Crippen molar-refractivity contribution in [3.05, 3.63) is 118 Å². The number of halogens is 3. The molecular formula is C30H22F3N. The van der Waals surface area contributed by atoms with Crippen LogP contribution in [0.25, 0.3) is 10.8 Å². The molecule has 0 fully saturated rings. The van der Waals surface area contributed by atoms with Crippen molar-refractivity contribution in [2.75, 3.05) is 0 Å². The van der Waals surface area contributed by atoms with Crippen LogP contribution in [0.4, 0.5) is 13.2 Å². The zero-order valence-corrected chi connectivity index (χ0v) is 18.8. The van der Waals surface area contributed by atoms with E-state index in [0.717, 1.165) is 48.8 Å². The van der Waals surface area contributed by atoms with Gasteiger partial charge in [0.25, 0.3) is 0 Å². The highest BCUT2D eigenvalue weighted by molar-refractivity contribution is 5.85. The summed E-state index contributed by atoms with van der Waals surface area (Å²) in [6, 6.07) is 21.1. The second-order valence-electron chi connectivity index (χ2n) is 8.23. The van der Waals surface area contributed by atoms with Crippen LogP contribution in [-0.4, -0.2) is 0 Å². The van der Waals surface area contributed by atoms with Gasteiger partial charge in [0.1, 0.15) is 29.1 Å². The Morgan fingerprint density at radius 3 is 1.97 bits per heavy atom. The quantitative estimate of drug-likeness (QED) is 0.292. The van der Waals surface area contributed by atoms with Crippen molar-refractivity contribution in [1.29, 1.82) is 5.26 Å². The van der Waals surface area contributed by atoms with Gasteiger partial charge in [-0.1, -0.05) is 73.7 Å². The van der Waals surface area contributed by atoms with E-state index in [2.05, 4.69) is 43.0 Å². The summed E-state index contributed by atoms with van der Waals surface area (Å²) < 4.78 is 42.6. The molecule has 0 saturated carbocycles. The van der Waals surface area contributed by atoms with Gasteiger partial charge in [-0.05, 0) is 59.5 Å². The Morgan fingerprint density at radius 1 is 0.706 bits per heavy atom. The predicted octanol–water partition coefficient (Wildman–Crippen LogP) is 7.27. The number of fused-ring (bicyclic) bond motifs is 1. The maximum atomic E-state index is 15.0. The van der Waals surface area contributed by atoms with Crippen molar-refractivity contribution in [3.63, 3.8) is 0 Å². The lowest BCUT2D eigenvalue weighted by molar-refractivity contribution is 0.576. The number of nitriles is 1. The van der Waals surface area contributed by atoms with Gasteiger partial charge in [-0.3, -0.25) is 0 Å². The molecule has 34 heavy (non-hydrogen) atoms. The summed E-state index contributed by atoms with van der Waals surface area (Å²) in [5, 5.41) is 9.97. The zero-order valence-electron chi connectivity index (χ0n) is 18.8. The second kappa shape index (κ2) is 10.3. The number of benzene rings is 4. The number of hydrogen-bond donors (Lipinski definition) is 0. The Morgan fingerprint density at radius 2 is 1.32 bits per heavy atom. The van der Waals surface area contributed by atoms with Gasteiger partial charge in [-0.15, -0.1) is 0 Å². The van der Waals surface area contributed by atoms with E-state index in [1.165, 1.54) is 17.2 Å². The molecular weight excluding hydrogens is 431 g/mol. The minimum absolute atomic E-state index is 0.0339. The summed E-state index contributed by atoms with van der Waals surface area (Å²) in [6.45, 7) is 2.17. The van der Waals surface area contributed by atoms with Gasteiger partial charge < -0.3 is 0 Å². The van der Waals surface area contributed by atoms with Crippen LogP contribution in [0.1, 0.15) is 46.7 Å². The second-order valence-corrected chi connectivity index (χ2v) is 8.23. The molecule has 0 bridgehead atoms. The number of rotatable bonds is 5. The number of nitrogens with zero attached hydrogens (tertiary/aromatic N) is 1. The van der Waals surface area contributed by atoms with E-state index in [-0.39, 0.29) is 11.1 Å². The zero-order chi connectivity index (χ0) is 24.1. The summed E-state index contributed by atoms with van der Waals surface area (Å²) in [7, 11) is 0. The maximum Gasteiger partial charge on any atom is 0.146 e. The monoisotopic (exact) mass is 453 g/mol. The summed E-state index contributed by atoms with van der Waals surface area (Å²) in [4.78, 5) is 0. The lowest BCUT2D eigenvalue weighted by Gasteiger charge is -2.07. The third kappa shape index (κ3) is 5.13. The molecule has 0 saturated heterocycles. The summed E-state index contributed by atoms with van der Waals surface area (Å²) in [6.07, 6.45) is 3.97. The average Bonchev–Trinajstić information content (AvgIpc) is 2.83. The van der Waals surface area contributed by atoms with Crippen LogP contribution in [0.5, 0.6) is 0 Å². The third-order valence-electron chi connectivity index (χ3n) is 5.78. The van der Waals surface area contributed by atoms with E-state index in [0.29, 0.717) is 5.39 Å². The van der Waals surface area contributed by atoms with Crippen molar-refractivity contribution >= 4 is 10.8 Å². The first kappa shape index (κ1) is 23.1. The normalized spacial score (nSPS) is 10.6. The topological polar surface area (TPSA) is 23.8 Å². The molecule has 4 aromatic carbocycles. The summed E-state index contributed by atoms with van der Waals surface area (Å²) in [5.41, 5.74) is 3.25. The van der Waals surface area contributed by atoms with E-state index >= 15 is 4.39 Å². The molecule has 0 spiro atoms. The molecule has 4 rings (SSSR count). The minimum atomic E-state index is -0.991. The Kier molecular flexibility index (Phi) is 7.00. The maximum absolute atomic E-state index is 15.0. The Labute approximate surface area is 197 Å². The van der Waals surface area contributed by atoms with E-state index in [9.17, 15) is 8.78 Å². The third-order valence-corrected chi connectivity index (χ3v) is 5.78. The molecule has 4 heteroatoms. The van der Waals surface area contributed by atoms with Crippen LogP contribution < -0.4 is 0 Å². The molecule has 0 radical (unpaired) electrons. The van der Waals surface area contributed by atoms with E-state index in [4.69, 9.17) is 5.26 Å². The first-order valence-electron chi connectivity index (χ1n) is 11.2. The minimum Gasteiger partial charge on any atom is -0.205 e. The van der Waals surface area contributed by atoms with Gasteiger partial charge in [0, 0.05) is 10.9 Å². The van der Waals surface area contributed by atoms with Crippen molar-refractivity contribution in [2.45, 2.75) is 32.6 Å². The van der Waals surface area contributed by atoms with Crippen LogP contribution in [0.2, 0.25) is 0 Å². The summed E-state index contributed by atoms with van der Waals surface area (Å²) in [5.74, 6) is 2.77. The molecule has 0 aliphatic heterocycles. The van der Waals surface area contributed by atoms with Crippen LogP contribution in [-0.2, 0) is 19.3 Å². The van der Waals surface area contributed by atoms with Crippen molar-refractivity contribution in [3.8, 4) is 17.9 Å². The van der Waals surface area contributed by atoms with E-state index in [1.54, 1.807) is 18.2 Å². The molecule has 0 atom stereocenters. The molecule has 0 aliphatic carbocycles. The first-order valence-corrected chi connectivity index (χ1v) is 11.2. The highest BCUT2D eigenvalue weighted by Gasteiger charge is 2.10. The van der Waals surface area contributed by atoms with Gasteiger partial charge in [0.15, 0.2) is 0 Å².